The molecule has 0 radical (unpaired) electrons. The zero-order chi connectivity index (χ0) is 9.84. The van der Waals surface area contributed by atoms with Crippen molar-refractivity contribution in [1.82, 2.24) is 14.8 Å². The number of hydrogen-bond donors (Lipinski definition) is 1. The summed E-state index contributed by atoms with van der Waals surface area (Å²) in [5, 5.41) is 8.02. The maximum atomic E-state index is 5.54. The van der Waals surface area contributed by atoms with Crippen molar-refractivity contribution in [2.75, 3.05) is 13.7 Å². The van der Waals surface area contributed by atoms with E-state index in [1.807, 2.05) is 18.4 Å². The van der Waals surface area contributed by atoms with E-state index >= 15 is 0 Å². The molecular weight excluding hydrogens is 168 g/mol. The largest absolute Gasteiger partial charge is 0.372 e. The first kappa shape index (κ1) is 10.1. The molecule has 0 amide bonds. The molecule has 1 heterocycles. The van der Waals surface area contributed by atoms with Gasteiger partial charge in [-0.05, 0) is 13.8 Å². The fourth-order valence-corrected chi connectivity index (χ4v) is 1.33. The first-order valence-corrected chi connectivity index (χ1v) is 4.37. The van der Waals surface area contributed by atoms with Gasteiger partial charge in [-0.3, -0.25) is 0 Å². The van der Waals surface area contributed by atoms with Gasteiger partial charge >= 0.3 is 0 Å². The molecule has 13 heavy (non-hydrogen) atoms. The van der Waals surface area contributed by atoms with E-state index in [1.165, 1.54) is 0 Å². The van der Waals surface area contributed by atoms with Gasteiger partial charge in [0, 0.05) is 20.2 Å². The Balaban J connectivity index is 2.98. The van der Waals surface area contributed by atoms with Crippen LogP contribution in [0.1, 0.15) is 24.7 Å². The molecule has 1 unspecified atom stereocenters. The number of rotatable bonds is 4. The summed E-state index contributed by atoms with van der Waals surface area (Å²) >= 11 is 0. The van der Waals surface area contributed by atoms with Crippen molar-refractivity contribution in [1.29, 1.82) is 0 Å². The zero-order valence-electron chi connectivity index (χ0n) is 8.32. The fourth-order valence-electron chi connectivity index (χ4n) is 1.33. The molecule has 0 saturated carbocycles. The van der Waals surface area contributed by atoms with Crippen molar-refractivity contribution < 1.29 is 4.74 Å². The minimum atomic E-state index is -0.152. The van der Waals surface area contributed by atoms with Crippen molar-refractivity contribution in [2.24, 2.45) is 5.73 Å². The van der Waals surface area contributed by atoms with Gasteiger partial charge in [-0.1, -0.05) is 0 Å². The first-order chi connectivity index (χ1) is 6.24. The monoisotopic (exact) mass is 184 g/mol. The van der Waals surface area contributed by atoms with E-state index in [4.69, 9.17) is 10.5 Å². The summed E-state index contributed by atoms with van der Waals surface area (Å²) in [6, 6.07) is 0. The second-order valence-electron chi connectivity index (χ2n) is 2.81. The van der Waals surface area contributed by atoms with Gasteiger partial charge in [0.15, 0.2) is 5.82 Å². The Morgan fingerprint density at radius 1 is 1.54 bits per heavy atom. The predicted molar refractivity (Wildman–Crippen MR) is 49.2 cm³/mol. The lowest BCUT2D eigenvalue weighted by Crippen LogP contribution is -2.19. The minimum absolute atomic E-state index is 0.152. The number of methoxy groups -OCH3 is 1. The number of nitrogens with two attached hydrogens (primary N) is 1. The molecule has 0 aromatic carbocycles. The topological polar surface area (TPSA) is 66.0 Å². The van der Waals surface area contributed by atoms with Crippen molar-refractivity contribution in [3.63, 3.8) is 0 Å². The molecule has 0 aliphatic rings. The smallest absolute Gasteiger partial charge is 0.163 e. The van der Waals surface area contributed by atoms with E-state index in [0.717, 1.165) is 18.2 Å². The molecule has 0 aliphatic carbocycles. The highest BCUT2D eigenvalue weighted by Crippen LogP contribution is 2.13. The van der Waals surface area contributed by atoms with Crippen LogP contribution >= 0.6 is 0 Å². The predicted octanol–water partition coefficient (Wildman–Crippen LogP) is 0.253. The lowest BCUT2D eigenvalue weighted by Gasteiger charge is -2.13. The summed E-state index contributed by atoms with van der Waals surface area (Å²) in [7, 11) is 1.63. The van der Waals surface area contributed by atoms with E-state index < -0.39 is 0 Å². The van der Waals surface area contributed by atoms with E-state index in [9.17, 15) is 0 Å². The van der Waals surface area contributed by atoms with Gasteiger partial charge in [0.05, 0.1) is 0 Å². The third kappa shape index (κ3) is 1.87. The maximum Gasteiger partial charge on any atom is 0.163 e. The molecule has 1 rings (SSSR count). The molecule has 0 aliphatic heterocycles. The quantitative estimate of drug-likeness (QED) is 0.728. The van der Waals surface area contributed by atoms with Crippen LogP contribution in [0.3, 0.4) is 0 Å². The summed E-state index contributed by atoms with van der Waals surface area (Å²) in [5.74, 6) is 1.71. The molecular formula is C8H16N4O. The van der Waals surface area contributed by atoms with Crippen LogP contribution in [0.25, 0.3) is 0 Å². The molecule has 74 valence electrons. The molecule has 2 N–H and O–H groups in total. The van der Waals surface area contributed by atoms with E-state index in [-0.39, 0.29) is 6.10 Å². The maximum absolute atomic E-state index is 5.54. The van der Waals surface area contributed by atoms with Crippen LogP contribution in [0.5, 0.6) is 0 Å². The van der Waals surface area contributed by atoms with Crippen LogP contribution in [0, 0.1) is 6.92 Å². The Kier molecular flexibility index (Phi) is 3.39. The van der Waals surface area contributed by atoms with Crippen LogP contribution in [0.4, 0.5) is 0 Å². The summed E-state index contributed by atoms with van der Waals surface area (Å²) < 4.78 is 7.19. The van der Waals surface area contributed by atoms with Crippen molar-refractivity contribution >= 4 is 0 Å². The molecule has 5 nitrogen and oxygen atoms in total. The highest BCUT2D eigenvalue weighted by molar-refractivity contribution is 4.98. The molecule has 0 spiro atoms. The van der Waals surface area contributed by atoms with Gasteiger partial charge in [-0.2, -0.15) is 0 Å². The Labute approximate surface area is 77.9 Å². The van der Waals surface area contributed by atoms with Crippen molar-refractivity contribution in [3.05, 3.63) is 11.6 Å². The Morgan fingerprint density at radius 2 is 2.23 bits per heavy atom. The molecule has 1 aromatic heterocycles. The number of aryl methyl sites for hydroxylation is 1. The van der Waals surface area contributed by atoms with E-state index in [2.05, 4.69) is 10.2 Å². The van der Waals surface area contributed by atoms with Crippen LogP contribution < -0.4 is 5.73 Å². The van der Waals surface area contributed by atoms with Crippen LogP contribution in [-0.4, -0.2) is 28.4 Å². The Hall–Kier alpha value is -0.940. The second-order valence-corrected chi connectivity index (χ2v) is 2.81. The number of ether oxygens (including phenoxy) is 1. The first-order valence-electron chi connectivity index (χ1n) is 4.37. The third-order valence-corrected chi connectivity index (χ3v) is 2.07. The zero-order valence-corrected chi connectivity index (χ0v) is 8.32. The molecule has 1 aromatic rings. The van der Waals surface area contributed by atoms with Crippen molar-refractivity contribution in [3.8, 4) is 0 Å². The summed E-state index contributed by atoms with van der Waals surface area (Å²) in [5.41, 5.74) is 5.54. The minimum Gasteiger partial charge on any atom is -0.372 e. The van der Waals surface area contributed by atoms with Crippen LogP contribution in [0.2, 0.25) is 0 Å². The molecule has 0 fully saturated rings. The lowest BCUT2D eigenvalue weighted by atomic mass is 10.3. The van der Waals surface area contributed by atoms with Crippen molar-refractivity contribution in [2.45, 2.75) is 26.5 Å². The van der Waals surface area contributed by atoms with Gasteiger partial charge < -0.3 is 15.0 Å². The second kappa shape index (κ2) is 4.34. The van der Waals surface area contributed by atoms with Gasteiger partial charge in [-0.15, -0.1) is 10.2 Å². The SMILES string of the molecule is CCn1c(C)nnc1C(CN)OC. The highest BCUT2D eigenvalue weighted by Gasteiger charge is 2.16. The highest BCUT2D eigenvalue weighted by atomic mass is 16.5. The Bertz CT molecular complexity index is 267. The van der Waals surface area contributed by atoms with E-state index in [0.29, 0.717) is 6.54 Å². The molecule has 1 atom stereocenters. The average Bonchev–Trinajstić information content (AvgIpc) is 2.50. The summed E-state index contributed by atoms with van der Waals surface area (Å²) in [4.78, 5) is 0. The standard InChI is InChI=1S/C8H16N4O/c1-4-12-6(2)10-11-8(12)7(5-9)13-3/h7H,4-5,9H2,1-3H3. The average molecular weight is 184 g/mol. The third-order valence-electron chi connectivity index (χ3n) is 2.07. The fraction of sp³-hybridized carbons (Fsp3) is 0.750. The molecule has 0 bridgehead atoms. The van der Waals surface area contributed by atoms with Gasteiger partial charge in [0.1, 0.15) is 11.9 Å². The molecule has 5 heteroatoms. The number of hydrogen-bond acceptors (Lipinski definition) is 4. The van der Waals surface area contributed by atoms with Gasteiger partial charge in [0.25, 0.3) is 0 Å². The van der Waals surface area contributed by atoms with Gasteiger partial charge in [0.2, 0.25) is 0 Å². The lowest BCUT2D eigenvalue weighted by molar-refractivity contribution is 0.0994. The van der Waals surface area contributed by atoms with Crippen LogP contribution in [-0.2, 0) is 11.3 Å². The normalized spacial score (nSPS) is 13.2. The Morgan fingerprint density at radius 3 is 2.69 bits per heavy atom. The summed E-state index contributed by atoms with van der Waals surface area (Å²) in [6.45, 7) is 5.23. The van der Waals surface area contributed by atoms with Crippen LogP contribution in [0.15, 0.2) is 0 Å². The molecule has 0 saturated heterocycles. The van der Waals surface area contributed by atoms with Gasteiger partial charge in [-0.25, -0.2) is 0 Å². The number of aromatic nitrogens is 3. The summed E-state index contributed by atoms with van der Waals surface area (Å²) in [6.07, 6.45) is -0.152. The number of nitrogens with zero attached hydrogens (tertiary/aromatic N) is 3. The van der Waals surface area contributed by atoms with E-state index in [1.54, 1.807) is 7.11 Å².